The average molecular weight is 400 g/mol. The molecule has 0 saturated carbocycles. The second-order valence-electron chi connectivity index (χ2n) is 7.67. The van der Waals surface area contributed by atoms with Crippen LogP contribution in [0.3, 0.4) is 0 Å². The topological polar surface area (TPSA) is 128 Å². The number of carbonyl (C=O) groups is 2. The Balaban J connectivity index is 1.66. The fourth-order valence-electron chi connectivity index (χ4n) is 3.26. The van der Waals surface area contributed by atoms with E-state index in [2.05, 4.69) is 10.6 Å². The molecule has 1 amide bonds. The summed E-state index contributed by atoms with van der Waals surface area (Å²) in [6.45, 7) is 4.00. The second kappa shape index (κ2) is 8.10. The number of carboxylic acids is 1. The molecule has 1 aliphatic heterocycles. The van der Waals surface area contributed by atoms with Gasteiger partial charge in [-0.25, -0.2) is 4.79 Å². The van der Waals surface area contributed by atoms with Crippen molar-refractivity contribution in [2.24, 2.45) is 0 Å². The third kappa shape index (κ3) is 4.85. The summed E-state index contributed by atoms with van der Waals surface area (Å²) in [5.74, 6) is -1.19. The molecule has 0 saturated heterocycles. The van der Waals surface area contributed by atoms with Crippen LogP contribution in [0.2, 0.25) is 0 Å². The van der Waals surface area contributed by atoms with E-state index in [9.17, 15) is 19.8 Å². The third-order valence-electron chi connectivity index (χ3n) is 4.76. The molecule has 0 spiro atoms. The number of phenolic OH excluding ortho intramolecular Hbond substituents is 1. The summed E-state index contributed by atoms with van der Waals surface area (Å²) in [7, 11) is 0. The normalized spacial score (nSPS) is 14.5. The quantitative estimate of drug-likeness (QED) is 0.450. The summed E-state index contributed by atoms with van der Waals surface area (Å²) < 4.78 is 5.42. The summed E-state index contributed by atoms with van der Waals surface area (Å²) in [6, 6.07) is 9.65. The van der Waals surface area contributed by atoms with Crippen LogP contribution in [0.5, 0.6) is 11.5 Å². The zero-order valence-electron chi connectivity index (χ0n) is 16.2. The highest BCUT2D eigenvalue weighted by Crippen LogP contribution is 2.41. The molecule has 154 valence electrons. The highest BCUT2D eigenvalue weighted by Gasteiger charge is 2.27. The van der Waals surface area contributed by atoms with Crippen LogP contribution >= 0.6 is 0 Å². The van der Waals surface area contributed by atoms with Crippen LogP contribution in [-0.2, 0) is 11.2 Å². The van der Waals surface area contributed by atoms with E-state index in [4.69, 9.17) is 9.84 Å². The van der Waals surface area contributed by atoms with Crippen molar-refractivity contribution in [2.45, 2.75) is 31.9 Å². The summed E-state index contributed by atoms with van der Waals surface area (Å²) in [5.41, 5.74) is 1.45. The van der Waals surface area contributed by atoms with Crippen molar-refractivity contribution < 1.29 is 29.6 Å². The Morgan fingerprint density at radius 3 is 2.59 bits per heavy atom. The SMILES string of the molecule is CC(C)(Cc1ccc(C(=O)O)cc1)NCC(O)c1ccc(O)c2c1OCC(=O)N2. The minimum atomic E-state index is -0.965. The number of rotatable bonds is 7. The number of aliphatic hydroxyl groups excluding tert-OH is 1. The summed E-state index contributed by atoms with van der Waals surface area (Å²) in [5, 5.41) is 35.4. The van der Waals surface area contributed by atoms with E-state index in [-0.39, 0.29) is 47.3 Å². The molecule has 1 aliphatic rings. The largest absolute Gasteiger partial charge is 0.506 e. The number of carbonyl (C=O) groups excluding carboxylic acids is 1. The van der Waals surface area contributed by atoms with Crippen molar-refractivity contribution in [3.63, 3.8) is 0 Å². The zero-order chi connectivity index (χ0) is 21.2. The van der Waals surface area contributed by atoms with E-state index in [1.807, 2.05) is 13.8 Å². The van der Waals surface area contributed by atoms with Gasteiger partial charge in [-0.3, -0.25) is 4.79 Å². The van der Waals surface area contributed by atoms with E-state index in [1.165, 1.54) is 6.07 Å². The number of anilines is 1. The molecular weight excluding hydrogens is 376 g/mol. The monoisotopic (exact) mass is 400 g/mol. The first-order valence-corrected chi connectivity index (χ1v) is 9.20. The molecule has 2 aromatic carbocycles. The Hall–Kier alpha value is -3.10. The van der Waals surface area contributed by atoms with Crippen molar-refractivity contribution in [2.75, 3.05) is 18.5 Å². The number of ether oxygens (including phenoxy) is 1. The molecule has 5 N–H and O–H groups in total. The van der Waals surface area contributed by atoms with E-state index >= 15 is 0 Å². The standard InChI is InChI=1S/C21H24N2O6/c1-21(2,9-12-3-5-13(6-4-12)20(27)28)22-10-16(25)14-7-8-15(24)18-19(14)29-11-17(26)23-18/h3-8,16,22,24-25H,9-11H2,1-2H3,(H,23,26)(H,27,28). The van der Waals surface area contributed by atoms with Gasteiger partial charge in [-0.2, -0.15) is 0 Å². The number of phenols is 1. The molecule has 3 rings (SSSR count). The van der Waals surface area contributed by atoms with Gasteiger partial charge in [0.15, 0.2) is 12.4 Å². The highest BCUT2D eigenvalue weighted by molar-refractivity contribution is 5.97. The lowest BCUT2D eigenvalue weighted by molar-refractivity contribution is -0.118. The molecule has 0 bridgehead atoms. The van der Waals surface area contributed by atoms with Gasteiger partial charge in [0, 0.05) is 17.6 Å². The van der Waals surface area contributed by atoms with E-state index < -0.39 is 12.1 Å². The first-order chi connectivity index (χ1) is 13.7. The van der Waals surface area contributed by atoms with Gasteiger partial charge in [-0.15, -0.1) is 0 Å². The third-order valence-corrected chi connectivity index (χ3v) is 4.76. The summed E-state index contributed by atoms with van der Waals surface area (Å²) in [4.78, 5) is 22.5. The lowest BCUT2D eigenvalue weighted by atomic mass is 9.93. The number of β-amino-alcohol motifs (C(OH)–C–C–N with tert-alkyl or cyclic N) is 1. The molecule has 2 aromatic rings. The van der Waals surface area contributed by atoms with Crippen LogP contribution < -0.4 is 15.4 Å². The molecule has 0 aliphatic carbocycles. The van der Waals surface area contributed by atoms with Gasteiger partial charge in [0.1, 0.15) is 11.4 Å². The number of hydrogen-bond donors (Lipinski definition) is 5. The van der Waals surface area contributed by atoms with Gasteiger partial charge in [0.2, 0.25) is 0 Å². The minimum absolute atomic E-state index is 0.123. The summed E-state index contributed by atoms with van der Waals surface area (Å²) >= 11 is 0. The minimum Gasteiger partial charge on any atom is -0.506 e. The Labute approximate surface area is 168 Å². The van der Waals surface area contributed by atoms with Crippen molar-refractivity contribution in [3.8, 4) is 11.5 Å². The molecule has 0 aromatic heterocycles. The molecule has 1 unspecified atom stereocenters. The van der Waals surface area contributed by atoms with E-state index in [0.29, 0.717) is 12.0 Å². The molecule has 0 fully saturated rings. The molecule has 0 radical (unpaired) electrons. The predicted octanol–water partition coefficient (Wildman–Crippen LogP) is 2.07. The number of benzene rings is 2. The molecule has 1 atom stereocenters. The predicted molar refractivity (Wildman–Crippen MR) is 106 cm³/mol. The van der Waals surface area contributed by atoms with Gasteiger partial charge in [-0.05, 0) is 50.1 Å². The van der Waals surface area contributed by atoms with Gasteiger partial charge < -0.3 is 30.7 Å². The molecule has 29 heavy (non-hydrogen) atoms. The number of aliphatic hydroxyl groups is 1. The second-order valence-corrected chi connectivity index (χ2v) is 7.67. The van der Waals surface area contributed by atoms with Crippen LogP contribution in [0.15, 0.2) is 36.4 Å². The fourth-order valence-corrected chi connectivity index (χ4v) is 3.26. The maximum Gasteiger partial charge on any atom is 0.335 e. The highest BCUT2D eigenvalue weighted by atomic mass is 16.5. The van der Waals surface area contributed by atoms with E-state index in [0.717, 1.165) is 5.56 Å². The number of aromatic carboxylic acids is 1. The number of aromatic hydroxyl groups is 1. The number of hydrogen-bond acceptors (Lipinski definition) is 6. The first kappa shape index (κ1) is 20.6. The van der Waals surface area contributed by atoms with Gasteiger partial charge in [0.05, 0.1) is 11.7 Å². The number of carboxylic acid groups (broad SMARTS) is 1. The molecule has 1 heterocycles. The van der Waals surface area contributed by atoms with Crippen molar-refractivity contribution >= 4 is 17.6 Å². The Kier molecular flexibility index (Phi) is 5.76. The maximum absolute atomic E-state index is 11.5. The fraction of sp³-hybridized carbons (Fsp3) is 0.333. The number of nitrogens with one attached hydrogen (secondary N) is 2. The van der Waals surface area contributed by atoms with Gasteiger partial charge >= 0.3 is 5.97 Å². The van der Waals surface area contributed by atoms with E-state index in [1.54, 1.807) is 30.3 Å². The van der Waals surface area contributed by atoms with Crippen molar-refractivity contribution in [1.82, 2.24) is 5.32 Å². The van der Waals surface area contributed by atoms with Crippen LogP contribution in [0.25, 0.3) is 0 Å². The van der Waals surface area contributed by atoms with Gasteiger partial charge in [0.25, 0.3) is 5.91 Å². The van der Waals surface area contributed by atoms with Gasteiger partial charge in [-0.1, -0.05) is 12.1 Å². The smallest absolute Gasteiger partial charge is 0.335 e. The van der Waals surface area contributed by atoms with Crippen LogP contribution in [-0.4, -0.2) is 45.9 Å². The Bertz CT molecular complexity index is 924. The zero-order valence-corrected chi connectivity index (χ0v) is 16.2. The average Bonchev–Trinajstić information content (AvgIpc) is 2.67. The van der Waals surface area contributed by atoms with Crippen molar-refractivity contribution in [1.29, 1.82) is 0 Å². The lowest BCUT2D eigenvalue weighted by Gasteiger charge is -2.29. The maximum atomic E-state index is 11.5. The Morgan fingerprint density at radius 1 is 1.24 bits per heavy atom. The van der Waals surface area contributed by atoms with Crippen LogP contribution in [0.4, 0.5) is 5.69 Å². The summed E-state index contributed by atoms with van der Waals surface area (Å²) in [6.07, 6.45) is -0.298. The van der Waals surface area contributed by atoms with Crippen LogP contribution in [0.1, 0.15) is 41.4 Å². The first-order valence-electron chi connectivity index (χ1n) is 9.20. The molecular formula is C21H24N2O6. The van der Waals surface area contributed by atoms with Crippen molar-refractivity contribution in [3.05, 3.63) is 53.1 Å². The molecule has 8 heteroatoms. The molecule has 8 nitrogen and oxygen atoms in total. The lowest BCUT2D eigenvalue weighted by Crippen LogP contribution is -2.43. The number of fused-ring (bicyclic) bond motifs is 1. The van der Waals surface area contributed by atoms with Crippen LogP contribution in [0, 0.1) is 0 Å². The number of amides is 1. The Morgan fingerprint density at radius 2 is 1.93 bits per heavy atom.